The van der Waals surface area contributed by atoms with Gasteiger partial charge in [0.1, 0.15) is 11.5 Å². The van der Waals surface area contributed by atoms with Gasteiger partial charge in [0.25, 0.3) is 0 Å². The van der Waals surface area contributed by atoms with E-state index < -0.39 is 10.0 Å². The van der Waals surface area contributed by atoms with E-state index in [0.717, 1.165) is 12.8 Å². The third-order valence-corrected chi connectivity index (χ3v) is 5.12. The average Bonchev–Trinajstić information content (AvgIpc) is 3.04. The van der Waals surface area contributed by atoms with E-state index in [-0.39, 0.29) is 23.9 Å². The maximum Gasteiger partial charge on any atom is 0.244 e. The van der Waals surface area contributed by atoms with Gasteiger partial charge in [0.15, 0.2) is 0 Å². The zero-order valence-electron chi connectivity index (χ0n) is 11.5. The number of nitrogens with zero attached hydrogens (tertiary/aromatic N) is 2. The number of aromatic nitrogens is 1. The standard InChI is InChI=1S/C13H18FN3O3S/c14-7-11(8-15)10-20-13-4-3-12(9-16-13)21(18,19)17-5-1-2-6-17/h3-4,7,9H,1-2,5-6,8,10,15H2/b11-7-. The molecule has 6 nitrogen and oxygen atoms in total. The van der Waals surface area contributed by atoms with Crippen LogP contribution < -0.4 is 10.5 Å². The summed E-state index contributed by atoms with van der Waals surface area (Å²) in [6, 6.07) is 2.90. The summed E-state index contributed by atoms with van der Waals surface area (Å²) in [6.07, 6.45) is 3.41. The predicted molar refractivity (Wildman–Crippen MR) is 76.0 cm³/mol. The van der Waals surface area contributed by atoms with Gasteiger partial charge >= 0.3 is 0 Å². The number of ether oxygens (including phenoxy) is 1. The molecule has 0 aromatic carbocycles. The second-order valence-corrected chi connectivity index (χ2v) is 6.64. The Labute approximate surface area is 123 Å². The van der Waals surface area contributed by atoms with Crippen molar-refractivity contribution in [2.45, 2.75) is 17.7 Å². The van der Waals surface area contributed by atoms with Crippen molar-refractivity contribution in [2.24, 2.45) is 5.73 Å². The Morgan fingerprint density at radius 3 is 2.67 bits per heavy atom. The van der Waals surface area contributed by atoms with Gasteiger partial charge in [-0.25, -0.2) is 17.8 Å². The van der Waals surface area contributed by atoms with Crippen LogP contribution in [-0.2, 0) is 10.0 Å². The molecule has 0 saturated carbocycles. The van der Waals surface area contributed by atoms with Gasteiger partial charge in [-0.05, 0) is 18.9 Å². The summed E-state index contributed by atoms with van der Waals surface area (Å²) >= 11 is 0. The van der Waals surface area contributed by atoms with Gasteiger partial charge in [-0.15, -0.1) is 0 Å². The smallest absolute Gasteiger partial charge is 0.244 e. The van der Waals surface area contributed by atoms with Gasteiger partial charge in [0, 0.05) is 31.3 Å². The molecule has 1 aliphatic rings. The van der Waals surface area contributed by atoms with E-state index in [0.29, 0.717) is 25.0 Å². The zero-order valence-corrected chi connectivity index (χ0v) is 12.4. The predicted octanol–water partition coefficient (Wildman–Crippen LogP) is 1.06. The minimum atomic E-state index is -3.47. The second kappa shape index (κ2) is 6.97. The first-order chi connectivity index (χ1) is 10.1. The Morgan fingerprint density at radius 2 is 2.14 bits per heavy atom. The van der Waals surface area contributed by atoms with Crippen molar-refractivity contribution in [3.63, 3.8) is 0 Å². The zero-order chi connectivity index (χ0) is 15.3. The number of pyridine rings is 1. The van der Waals surface area contributed by atoms with E-state index in [1.807, 2.05) is 0 Å². The lowest BCUT2D eigenvalue weighted by atomic mass is 10.3. The minimum Gasteiger partial charge on any atom is -0.473 e. The molecule has 0 amide bonds. The molecule has 0 bridgehead atoms. The molecule has 2 heterocycles. The number of hydrogen-bond acceptors (Lipinski definition) is 5. The normalized spacial score (nSPS) is 17.1. The molecule has 1 fully saturated rings. The molecule has 21 heavy (non-hydrogen) atoms. The Hall–Kier alpha value is -1.51. The summed E-state index contributed by atoms with van der Waals surface area (Å²) in [6.45, 7) is 1.12. The van der Waals surface area contributed by atoms with Crippen LogP contribution in [0.25, 0.3) is 0 Å². The van der Waals surface area contributed by atoms with Gasteiger partial charge in [-0.1, -0.05) is 0 Å². The molecular formula is C13H18FN3O3S. The average molecular weight is 315 g/mol. The highest BCUT2D eigenvalue weighted by molar-refractivity contribution is 7.89. The van der Waals surface area contributed by atoms with Crippen molar-refractivity contribution in [3.05, 3.63) is 30.2 Å². The lowest BCUT2D eigenvalue weighted by molar-refractivity contribution is 0.333. The Morgan fingerprint density at radius 1 is 1.43 bits per heavy atom. The highest BCUT2D eigenvalue weighted by atomic mass is 32.2. The largest absolute Gasteiger partial charge is 0.473 e. The highest BCUT2D eigenvalue weighted by Crippen LogP contribution is 2.21. The monoisotopic (exact) mass is 315 g/mol. The highest BCUT2D eigenvalue weighted by Gasteiger charge is 2.27. The number of rotatable bonds is 6. The van der Waals surface area contributed by atoms with Crippen molar-refractivity contribution in [1.82, 2.24) is 9.29 Å². The quantitative estimate of drug-likeness (QED) is 0.848. The van der Waals surface area contributed by atoms with Crippen molar-refractivity contribution in [1.29, 1.82) is 0 Å². The van der Waals surface area contributed by atoms with Gasteiger partial charge < -0.3 is 10.5 Å². The molecular weight excluding hydrogens is 297 g/mol. The third-order valence-electron chi connectivity index (χ3n) is 3.23. The van der Waals surface area contributed by atoms with Gasteiger partial charge in [-0.3, -0.25) is 0 Å². The topological polar surface area (TPSA) is 85.5 Å². The summed E-state index contributed by atoms with van der Waals surface area (Å²) in [5, 5.41) is 0. The summed E-state index contributed by atoms with van der Waals surface area (Å²) in [5.74, 6) is 0.225. The molecule has 0 unspecified atom stereocenters. The first-order valence-electron chi connectivity index (χ1n) is 6.65. The van der Waals surface area contributed by atoms with E-state index in [1.165, 1.54) is 22.6 Å². The lowest BCUT2D eigenvalue weighted by Gasteiger charge is -2.15. The Balaban J connectivity index is 2.05. The van der Waals surface area contributed by atoms with Crippen LogP contribution in [0.1, 0.15) is 12.8 Å². The van der Waals surface area contributed by atoms with Crippen LogP contribution in [0.3, 0.4) is 0 Å². The van der Waals surface area contributed by atoms with Crippen LogP contribution in [0.15, 0.2) is 35.1 Å². The summed E-state index contributed by atoms with van der Waals surface area (Å²) in [4.78, 5) is 4.07. The molecule has 2 rings (SSSR count). The molecule has 1 aromatic heterocycles. The number of halogens is 1. The first kappa shape index (κ1) is 15.9. The Bertz CT molecular complexity index is 596. The number of nitrogens with two attached hydrogens (primary N) is 1. The minimum absolute atomic E-state index is 0.0157. The van der Waals surface area contributed by atoms with E-state index in [9.17, 15) is 12.8 Å². The van der Waals surface area contributed by atoms with Crippen molar-refractivity contribution in [3.8, 4) is 5.88 Å². The summed E-state index contributed by atoms with van der Waals surface area (Å²) < 4.78 is 43.6. The molecule has 0 atom stereocenters. The van der Waals surface area contributed by atoms with Crippen LogP contribution in [-0.4, -0.2) is 43.9 Å². The van der Waals surface area contributed by atoms with Gasteiger partial charge in [0.2, 0.25) is 15.9 Å². The van der Waals surface area contributed by atoms with Gasteiger partial charge in [-0.2, -0.15) is 4.31 Å². The van der Waals surface area contributed by atoms with Crippen LogP contribution in [0.2, 0.25) is 0 Å². The molecule has 8 heteroatoms. The van der Waals surface area contributed by atoms with Crippen molar-refractivity contribution < 1.29 is 17.5 Å². The fourth-order valence-corrected chi connectivity index (χ4v) is 3.45. The second-order valence-electron chi connectivity index (χ2n) is 4.70. The molecule has 0 radical (unpaired) electrons. The Kier molecular flexibility index (Phi) is 5.27. The summed E-state index contributed by atoms with van der Waals surface area (Å²) in [7, 11) is -3.47. The molecule has 116 valence electrons. The lowest BCUT2D eigenvalue weighted by Crippen LogP contribution is -2.27. The van der Waals surface area contributed by atoms with Crippen LogP contribution in [0.5, 0.6) is 5.88 Å². The van der Waals surface area contributed by atoms with Crippen molar-refractivity contribution in [2.75, 3.05) is 26.2 Å². The van der Waals surface area contributed by atoms with E-state index in [4.69, 9.17) is 10.5 Å². The van der Waals surface area contributed by atoms with E-state index in [1.54, 1.807) is 0 Å². The third kappa shape index (κ3) is 3.78. The molecule has 1 aromatic rings. The van der Waals surface area contributed by atoms with Crippen molar-refractivity contribution >= 4 is 10.0 Å². The maximum atomic E-state index is 12.3. The van der Waals surface area contributed by atoms with Gasteiger partial charge in [0.05, 0.1) is 12.5 Å². The number of hydrogen-bond donors (Lipinski definition) is 1. The van der Waals surface area contributed by atoms with E-state index >= 15 is 0 Å². The molecule has 1 saturated heterocycles. The molecule has 0 aliphatic carbocycles. The first-order valence-corrected chi connectivity index (χ1v) is 8.09. The van der Waals surface area contributed by atoms with E-state index in [2.05, 4.69) is 4.98 Å². The maximum absolute atomic E-state index is 12.3. The number of sulfonamides is 1. The SMILES string of the molecule is NC/C(=C/F)COc1ccc(S(=O)(=O)N2CCCC2)cn1. The van der Waals surface area contributed by atoms with Crippen LogP contribution in [0.4, 0.5) is 4.39 Å². The summed E-state index contributed by atoms with van der Waals surface area (Å²) in [5.41, 5.74) is 5.60. The van der Waals surface area contributed by atoms with Crippen LogP contribution >= 0.6 is 0 Å². The molecule has 2 N–H and O–H groups in total. The van der Waals surface area contributed by atoms with Crippen LogP contribution in [0, 0.1) is 0 Å². The fraction of sp³-hybridized carbons (Fsp3) is 0.462. The molecule has 0 spiro atoms. The fourth-order valence-electron chi connectivity index (χ4n) is 1.98. The molecule has 1 aliphatic heterocycles.